The molecule has 3 aromatic heterocycles. The number of rotatable bonds is 3. The molecule has 4 aromatic rings. The zero-order valence-electron chi connectivity index (χ0n) is 18.2. The molecule has 6 rings (SSSR count). The molecule has 6 N–H and O–H groups in total. The van der Waals surface area contributed by atoms with Gasteiger partial charge in [0.2, 0.25) is 0 Å². The highest BCUT2D eigenvalue weighted by molar-refractivity contribution is 5.87. The molecule has 1 saturated carbocycles. The van der Waals surface area contributed by atoms with Crippen LogP contribution in [0.5, 0.6) is 0 Å². The number of nitrogens with two attached hydrogens (primary N) is 2. The van der Waals surface area contributed by atoms with Crippen LogP contribution in [0.2, 0.25) is 0 Å². The summed E-state index contributed by atoms with van der Waals surface area (Å²) in [5, 5.41) is 22.4. The molecular weight excluding hydrogens is 465 g/mol. The van der Waals surface area contributed by atoms with Crippen molar-refractivity contribution in [2.24, 2.45) is 5.92 Å². The van der Waals surface area contributed by atoms with Crippen molar-refractivity contribution in [3.05, 3.63) is 53.7 Å². The lowest BCUT2D eigenvalue weighted by molar-refractivity contribution is -0.0675. The lowest BCUT2D eigenvalue weighted by Gasteiger charge is -2.26. The first kappa shape index (κ1) is 22.0. The molecule has 1 aliphatic carbocycles. The number of aliphatic hydroxyl groups excluding tert-OH is 1. The Kier molecular flexibility index (Phi) is 4.72. The highest BCUT2D eigenvalue weighted by Gasteiger charge is 2.61. The number of fused-ring (bicyclic) bond motifs is 3. The van der Waals surface area contributed by atoms with Gasteiger partial charge in [0, 0.05) is 11.6 Å². The summed E-state index contributed by atoms with van der Waals surface area (Å²) in [5.41, 5.74) is 10.6. The lowest BCUT2D eigenvalue weighted by atomic mass is 9.90. The molecule has 0 radical (unpaired) electrons. The Labute approximate surface area is 196 Å². The number of pyridine rings is 1. The van der Waals surface area contributed by atoms with Gasteiger partial charge in [0.25, 0.3) is 0 Å². The van der Waals surface area contributed by atoms with Crippen molar-refractivity contribution in [1.82, 2.24) is 19.5 Å². The van der Waals surface area contributed by atoms with Gasteiger partial charge in [0.1, 0.15) is 29.7 Å². The molecule has 2 fully saturated rings. The number of anilines is 2. The highest BCUT2D eigenvalue weighted by Crippen LogP contribution is 2.51. The summed E-state index contributed by atoms with van der Waals surface area (Å²) >= 11 is 0. The molecule has 35 heavy (non-hydrogen) atoms. The van der Waals surface area contributed by atoms with Crippen LogP contribution in [0.1, 0.15) is 24.6 Å². The highest BCUT2D eigenvalue weighted by atomic mass is 19.1. The second kappa shape index (κ2) is 7.51. The first-order chi connectivity index (χ1) is 16.7. The van der Waals surface area contributed by atoms with Crippen LogP contribution in [0.3, 0.4) is 0 Å². The number of halogens is 3. The van der Waals surface area contributed by atoms with Crippen LogP contribution in [0, 0.1) is 23.4 Å². The van der Waals surface area contributed by atoms with Crippen LogP contribution in [0.25, 0.3) is 21.9 Å². The number of nitrogens with zero attached hydrogens (tertiary/aromatic N) is 4. The van der Waals surface area contributed by atoms with Crippen LogP contribution in [-0.4, -0.2) is 47.5 Å². The summed E-state index contributed by atoms with van der Waals surface area (Å²) < 4.78 is 50.4. The van der Waals surface area contributed by atoms with E-state index in [0.717, 1.165) is 12.3 Å². The van der Waals surface area contributed by atoms with Gasteiger partial charge < -0.3 is 31.0 Å². The van der Waals surface area contributed by atoms with Crippen molar-refractivity contribution in [2.45, 2.75) is 43.3 Å². The Morgan fingerprint density at radius 2 is 1.89 bits per heavy atom. The van der Waals surface area contributed by atoms with Crippen molar-refractivity contribution in [2.75, 3.05) is 11.5 Å². The summed E-state index contributed by atoms with van der Waals surface area (Å²) in [6.07, 6.45) is 0.00453. The van der Waals surface area contributed by atoms with Gasteiger partial charge >= 0.3 is 0 Å². The van der Waals surface area contributed by atoms with E-state index in [2.05, 4.69) is 15.0 Å². The normalized spacial score (nSPS) is 28.3. The smallest absolute Gasteiger partial charge is 0.165 e. The van der Waals surface area contributed by atoms with Crippen LogP contribution in [0.4, 0.5) is 24.8 Å². The Morgan fingerprint density at radius 1 is 1.09 bits per heavy atom. The molecule has 2 aliphatic rings. The van der Waals surface area contributed by atoms with Crippen molar-refractivity contribution >= 4 is 33.6 Å². The summed E-state index contributed by atoms with van der Waals surface area (Å²) in [4.78, 5) is 11.8. The third-order valence-electron chi connectivity index (χ3n) is 7.19. The fourth-order valence-corrected chi connectivity index (χ4v) is 5.52. The minimum absolute atomic E-state index is 0.00116. The standard InChI is InChI=1S/C23H21F3N6O3/c24-12-4-9(5-15-11(12)6-13(25)19(27)31-15)3-10-1-2-23(34)17(33)22(35-18(10)23)32-7-14(26)16-20(28)29-8-30-21(16)32/h4-8,10,17-18,22,33-34H,1-3H2,(H2,27,31)(H2,28,29,30)/t10-,17-,18+,22+,23-/m0/s1. The molecule has 1 saturated heterocycles. The minimum Gasteiger partial charge on any atom is -0.385 e. The fraction of sp³-hybridized carbons (Fsp3) is 0.348. The van der Waals surface area contributed by atoms with E-state index in [0.29, 0.717) is 18.4 Å². The number of ether oxygens (including phenoxy) is 1. The van der Waals surface area contributed by atoms with Gasteiger partial charge in [-0.25, -0.2) is 28.1 Å². The van der Waals surface area contributed by atoms with Gasteiger partial charge in [-0.05, 0) is 48.9 Å². The molecular formula is C23H21F3N6O3. The number of hydrogen-bond donors (Lipinski definition) is 4. The van der Waals surface area contributed by atoms with E-state index in [4.69, 9.17) is 16.2 Å². The van der Waals surface area contributed by atoms with Gasteiger partial charge in [0.05, 0.1) is 17.0 Å². The molecule has 1 aliphatic heterocycles. The molecule has 12 heteroatoms. The topological polar surface area (TPSA) is 145 Å². The van der Waals surface area contributed by atoms with Gasteiger partial charge in [-0.3, -0.25) is 0 Å². The van der Waals surface area contributed by atoms with Gasteiger partial charge in [-0.2, -0.15) is 0 Å². The third kappa shape index (κ3) is 3.17. The molecule has 0 unspecified atom stereocenters. The molecule has 5 atom stereocenters. The van der Waals surface area contributed by atoms with E-state index in [1.54, 1.807) is 6.07 Å². The number of aromatic nitrogens is 4. The summed E-state index contributed by atoms with van der Waals surface area (Å²) in [7, 11) is 0. The predicted octanol–water partition coefficient (Wildman–Crippen LogP) is 2.20. The number of nitrogen functional groups attached to an aromatic ring is 2. The number of benzene rings is 1. The lowest BCUT2D eigenvalue weighted by Crippen LogP contribution is -2.45. The average Bonchev–Trinajstić information content (AvgIpc) is 3.40. The van der Waals surface area contributed by atoms with Crippen molar-refractivity contribution in [3.63, 3.8) is 0 Å². The van der Waals surface area contributed by atoms with E-state index < -0.39 is 41.5 Å². The third-order valence-corrected chi connectivity index (χ3v) is 7.19. The average molecular weight is 486 g/mol. The van der Waals surface area contributed by atoms with Crippen LogP contribution in [0.15, 0.2) is 30.7 Å². The van der Waals surface area contributed by atoms with E-state index >= 15 is 0 Å². The van der Waals surface area contributed by atoms with Gasteiger partial charge in [0.15, 0.2) is 29.3 Å². The minimum atomic E-state index is -1.60. The number of hydrogen-bond acceptors (Lipinski definition) is 8. The van der Waals surface area contributed by atoms with E-state index in [9.17, 15) is 23.4 Å². The second-order valence-corrected chi connectivity index (χ2v) is 9.23. The van der Waals surface area contributed by atoms with E-state index in [1.807, 2.05) is 0 Å². The van der Waals surface area contributed by atoms with Crippen molar-refractivity contribution in [1.29, 1.82) is 0 Å². The second-order valence-electron chi connectivity index (χ2n) is 9.23. The summed E-state index contributed by atoms with van der Waals surface area (Å²) in [5.74, 6) is -2.79. The predicted molar refractivity (Wildman–Crippen MR) is 119 cm³/mol. The molecule has 0 bridgehead atoms. The zero-order valence-corrected chi connectivity index (χ0v) is 18.2. The molecule has 1 aromatic carbocycles. The molecule has 182 valence electrons. The molecule has 0 spiro atoms. The van der Waals surface area contributed by atoms with Crippen molar-refractivity contribution < 1.29 is 28.1 Å². The Hall–Kier alpha value is -3.48. The molecule has 4 heterocycles. The molecule has 0 amide bonds. The van der Waals surface area contributed by atoms with Gasteiger partial charge in [-0.15, -0.1) is 0 Å². The molecule has 9 nitrogen and oxygen atoms in total. The first-order valence-corrected chi connectivity index (χ1v) is 11.0. The van der Waals surface area contributed by atoms with Crippen LogP contribution < -0.4 is 11.5 Å². The van der Waals surface area contributed by atoms with Crippen molar-refractivity contribution in [3.8, 4) is 0 Å². The Bertz CT molecular complexity index is 1500. The zero-order chi connectivity index (χ0) is 24.6. The van der Waals surface area contributed by atoms with Crippen LogP contribution in [-0.2, 0) is 11.2 Å². The summed E-state index contributed by atoms with van der Waals surface area (Å²) in [6, 6.07) is 3.90. The number of aliphatic hydroxyl groups is 2. The van der Waals surface area contributed by atoms with Crippen LogP contribution >= 0.6 is 0 Å². The SMILES string of the molecule is Nc1nc2cc(C[C@@H]3CC[C@@]4(O)[C@@H]3O[C@@H](n3cc(F)c5c(N)ncnc53)[C@@H]4O)cc(F)c2cc1F. The quantitative estimate of drug-likeness (QED) is 0.345. The van der Waals surface area contributed by atoms with Gasteiger partial charge in [-0.1, -0.05) is 0 Å². The maximum absolute atomic E-state index is 14.7. The van der Waals surface area contributed by atoms with E-state index in [1.165, 1.54) is 17.0 Å². The maximum Gasteiger partial charge on any atom is 0.165 e. The first-order valence-electron chi connectivity index (χ1n) is 11.0. The fourth-order valence-electron chi connectivity index (χ4n) is 5.52. The maximum atomic E-state index is 14.7. The van der Waals surface area contributed by atoms with E-state index in [-0.39, 0.29) is 45.9 Å². The summed E-state index contributed by atoms with van der Waals surface area (Å²) in [6.45, 7) is 0. The Morgan fingerprint density at radius 3 is 2.69 bits per heavy atom. The monoisotopic (exact) mass is 486 g/mol. The largest absolute Gasteiger partial charge is 0.385 e. The Balaban J connectivity index is 1.32.